The zero-order valence-corrected chi connectivity index (χ0v) is 22.3. The Morgan fingerprint density at radius 1 is 0.972 bits per heavy atom. The molecule has 0 saturated heterocycles. The van der Waals surface area contributed by atoms with Gasteiger partial charge in [0.1, 0.15) is 0 Å². The van der Waals surface area contributed by atoms with Gasteiger partial charge in [-0.15, -0.1) is 10.2 Å². The molecular formula is C27H19ClN5NaO2. The SMILES string of the molecule is O=C([O-])c1ccccc1CCn1nnc(-c2cccc(/C=C/c3ccc4ccc(Cl)cc4n3)c2)n1.[Na+]. The van der Waals surface area contributed by atoms with Crippen LogP contribution in [0.1, 0.15) is 27.2 Å². The van der Waals surface area contributed by atoms with Crippen molar-refractivity contribution < 1.29 is 39.5 Å². The van der Waals surface area contributed by atoms with Gasteiger partial charge < -0.3 is 9.90 Å². The van der Waals surface area contributed by atoms with E-state index in [-0.39, 0.29) is 35.1 Å². The Morgan fingerprint density at radius 3 is 2.67 bits per heavy atom. The standard InChI is InChI=1S/C27H20ClN5O2.Na/c28-22-11-9-20-10-13-23(29-25(20)17-22)12-8-18-4-3-6-21(16-18)26-30-32-33(31-26)15-14-19-5-1-2-7-24(19)27(34)35;/h1-13,16-17H,14-15H2,(H,34,35);/q;+1/p-1/b12-8+;. The molecule has 0 N–H and O–H groups in total. The Kier molecular flexibility index (Phi) is 8.28. The molecule has 0 aliphatic heterocycles. The Labute approximate surface area is 234 Å². The fraction of sp³-hybridized carbons (Fsp3) is 0.0741. The molecule has 3 aromatic carbocycles. The molecule has 0 amide bonds. The van der Waals surface area contributed by atoms with Crippen molar-refractivity contribution in [2.75, 3.05) is 0 Å². The van der Waals surface area contributed by atoms with E-state index in [1.807, 2.05) is 66.7 Å². The van der Waals surface area contributed by atoms with Crippen LogP contribution < -0.4 is 34.7 Å². The van der Waals surface area contributed by atoms with Gasteiger partial charge in [-0.25, -0.2) is 4.98 Å². The van der Waals surface area contributed by atoms with Gasteiger partial charge in [-0.05, 0) is 53.1 Å². The van der Waals surface area contributed by atoms with Gasteiger partial charge in [0.05, 0.1) is 23.7 Å². The molecule has 0 unspecified atom stereocenters. The van der Waals surface area contributed by atoms with Gasteiger partial charge in [0, 0.05) is 21.5 Å². The minimum Gasteiger partial charge on any atom is -0.545 e. The smallest absolute Gasteiger partial charge is 0.545 e. The first kappa shape index (κ1) is 25.7. The van der Waals surface area contributed by atoms with Gasteiger partial charge in [-0.3, -0.25) is 0 Å². The number of benzene rings is 3. The number of hydrogen-bond donors (Lipinski definition) is 0. The molecule has 2 aromatic heterocycles. The summed E-state index contributed by atoms with van der Waals surface area (Å²) in [6.07, 6.45) is 4.37. The second kappa shape index (κ2) is 11.6. The van der Waals surface area contributed by atoms with E-state index in [0.717, 1.165) is 27.7 Å². The monoisotopic (exact) mass is 503 g/mol. The molecule has 5 rings (SSSR count). The molecule has 0 aliphatic carbocycles. The molecule has 0 atom stereocenters. The molecule has 2 heterocycles. The number of aryl methyl sites for hydroxylation is 2. The summed E-state index contributed by atoms with van der Waals surface area (Å²) < 4.78 is 0. The summed E-state index contributed by atoms with van der Waals surface area (Å²) in [4.78, 5) is 17.4. The van der Waals surface area contributed by atoms with Gasteiger partial charge in [-0.1, -0.05) is 72.3 Å². The van der Waals surface area contributed by atoms with Gasteiger partial charge in [0.2, 0.25) is 5.82 Å². The third-order valence-corrected chi connectivity index (χ3v) is 5.77. The summed E-state index contributed by atoms with van der Waals surface area (Å²) >= 11 is 6.09. The predicted octanol–water partition coefficient (Wildman–Crippen LogP) is 1.32. The van der Waals surface area contributed by atoms with E-state index in [9.17, 15) is 9.90 Å². The molecule has 36 heavy (non-hydrogen) atoms. The maximum Gasteiger partial charge on any atom is 1.00 e. The van der Waals surface area contributed by atoms with Crippen LogP contribution in [0.15, 0.2) is 78.9 Å². The molecule has 5 aromatic rings. The van der Waals surface area contributed by atoms with Crippen molar-refractivity contribution in [3.8, 4) is 11.4 Å². The molecule has 0 bridgehead atoms. The van der Waals surface area contributed by atoms with Crippen molar-refractivity contribution in [3.63, 3.8) is 0 Å². The van der Waals surface area contributed by atoms with Gasteiger partial charge in [0.25, 0.3) is 0 Å². The topological polar surface area (TPSA) is 96.6 Å². The summed E-state index contributed by atoms with van der Waals surface area (Å²) in [5.74, 6) is -0.702. The third kappa shape index (κ3) is 6.06. The zero-order chi connectivity index (χ0) is 24.2. The van der Waals surface area contributed by atoms with Gasteiger partial charge in [-0.2, -0.15) is 4.80 Å². The molecular weight excluding hydrogens is 485 g/mol. The maximum absolute atomic E-state index is 11.3. The van der Waals surface area contributed by atoms with Crippen LogP contribution in [0.5, 0.6) is 0 Å². The molecule has 9 heteroatoms. The molecule has 0 aliphatic rings. The van der Waals surface area contributed by atoms with E-state index in [2.05, 4.69) is 20.4 Å². The van der Waals surface area contributed by atoms with Crippen molar-refractivity contribution in [2.24, 2.45) is 0 Å². The number of carbonyl (C=O) groups excluding carboxylic acids is 1. The normalized spacial score (nSPS) is 11.0. The number of tetrazole rings is 1. The number of nitrogens with zero attached hydrogens (tertiary/aromatic N) is 5. The van der Waals surface area contributed by atoms with Crippen LogP contribution in [-0.2, 0) is 13.0 Å². The predicted molar refractivity (Wildman–Crippen MR) is 133 cm³/mol. The van der Waals surface area contributed by atoms with Gasteiger partial charge in [0.15, 0.2) is 0 Å². The molecule has 0 spiro atoms. The minimum atomic E-state index is -1.19. The Bertz CT molecular complexity index is 1570. The summed E-state index contributed by atoms with van der Waals surface area (Å²) in [6.45, 7) is 0.397. The fourth-order valence-electron chi connectivity index (χ4n) is 3.77. The van der Waals surface area contributed by atoms with E-state index >= 15 is 0 Å². The van der Waals surface area contributed by atoms with Crippen LogP contribution in [0.4, 0.5) is 0 Å². The molecule has 172 valence electrons. The van der Waals surface area contributed by atoms with Crippen LogP contribution in [0.2, 0.25) is 5.02 Å². The summed E-state index contributed by atoms with van der Waals surface area (Å²) in [5, 5.41) is 25.7. The third-order valence-electron chi connectivity index (χ3n) is 5.54. The number of carboxylic acids is 1. The van der Waals surface area contributed by atoms with E-state index in [1.54, 1.807) is 18.2 Å². The quantitative estimate of drug-likeness (QED) is 0.311. The molecule has 7 nitrogen and oxygen atoms in total. The summed E-state index contributed by atoms with van der Waals surface area (Å²) in [6, 6.07) is 24.2. The first-order valence-electron chi connectivity index (χ1n) is 11.0. The Hall–Kier alpha value is -3.36. The number of carbonyl (C=O) groups is 1. The van der Waals surface area contributed by atoms with E-state index in [1.165, 1.54) is 10.9 Å². The number of carboxylic acid groups (broad SMARTS) is 1. The van der Waals surface area contributed by atoms with Crippen molar-refractivity contribution in [1.82, 2.24) is 25.2 Å². The number of aromatic nitrogens is 5. The largest absolute Gasteiger partial charge is 1.00 e. The molecule has 0 fully saturated rings. The second-order valence-corrected chi connectivity index (χ2v) is 8.37. The summed E-state index contributed by atoms with van der Waals surface area (Å²) in [7, 11) is 0. The van der Waals surface area contributed by atoms with Crippen molar-refractivity contribution in [3.05, 3.63) is 106 Å². The molecule has 0 radical (unpaired) electrons. The van der Waals surface area contributed by atoms with Gasteiger partial charge >= 0.3 is 29.6 Å². The first-order valence-corrected chi connectivity index (χ1v) is 11.3. The number of aromatic carboxylic acids is 1. The maximum atomic E-state index is 11.3. The minimum absolute atomic E-state index is 0. The van der Waals surface area contributed by atoms with Crippen LogP contribution >= 0.6 is 11.6 Å². The van der Waals surface area contributed by atoms with Crippen LogP contribution in [-0.4, -0.2) is 31.2 Å². The summed E-state index contributed by atoms with van der Waals surface area (Å²) in [5.41, 5.74) is 4.31. The van der Waals surface area contributed by atoms with E-state index < -0.39 is 5.97 Å². The Balaban J connectivity index is 0.00000304. The number of fused-ring (bicyclic) bond motifs is 1. The average Bonchev–Trinajstić information content (AvgIpc) is 3.35. The van der Waals surface area contributed by atoms with Crippen molar-refractivity contribution >= 4 is 40.6 Å². The van der Waals surface area contributed by atoms with Crippen molar-refractivity contribution in [2.45, 2.75) is 13.0 Å². The van der Waals surface area contributed by atoms with Crippen LogP contribution in [0, 0.1) is 0 Å². The number of halogens is 1. The fourth-order valence-corrected chi connectivity index (χ4v) is 3.94. The number of rotatable bonds is 7. The van der Waals surface area contributed by atoms with E-state index in [4.69, 9.17) is 11.6 Å². The second-order valence-electron chi connectivity index (χ2n) is 7.94. The van der Waals surface area contributed by atoms with E-state index in [0.29, 0.717) is 29.4 Å². The Morgan fingerprint density at radius 2 is 1.81 bits per heavy atom. The zero-order valence-electron chi connectivity index (χ0n) is 19.5. The van der Waals surface area contributed by atoms with Crippen molar-refractivity contribution in [1.29, 1.82) is 0 Å². The first-order chi connectivity index (χ1) is 17.0. The number of pyridine rings is 1. The van der Waals surface area contributed by atoms with Crippen LogP contribution in [0.25, 0.3) is 34.4 Å². The number of hydrogen-bond acceptors (Lipinski definition) is 6. The van der Waals surface area contributed by atoms with Crippen LogP contribution in [0.3, 0.4) is 0 Å². The molecule has 0 saturated carbocycles. The average molecular weight is 504 g/mol.